The molecule has 2 aromatic rings. The molecule has 0 fully saturated rings. The van der Waals surface area contributed by atoms with E-state index in [1.54, 1.807) is 0 Å². The normalized spacial score (nSPS) is 9.46. The average molecular weight is 175 g/mol. The second-order valence-corrected chi connectivity index (χ2v) is 2.66. The lowest BCUT2D eigenvalue weighted by Gasteiger charge is -1.98. The fourth-order valence-electron chi connectivity index (χ4n) is 1.42. The van der Waals surface area contributed by atoms with E-state index in [0.29, 0.717) is 0 Å². The molecule has 13 heavy (non-hydrogen) atoms. The third kappa shape index (κ3) is 1.92. The van der Waals surface area contributed by atoms with E-state index in [9.17, 15) is 0 Å². The van der Waals surface area contributed by atoms with Crippen LogP contribution in [0, 0.1) is 0 Å². The van der Waals surface area contributed by atoms with Crippen LogP contribution >= 0.6 is 0 Å². The zero-order valence-corrected chi connectivity index (χ0v) is 8.62. The molecule has 0 saturated carbocycles. The van der Waals surface area contributed by atoms with Gasteiger partial charge < -0.3 is 4.57 Å². The van der Waals surface area contributed by atoms with E-state index >= 15 is 0 Å². The molecule has 0 spiro atoms. The number of hydrogen-bond donors (Lipinski definition) is 0. The highest BCUT2D eigenvalue weighted by atomic mass is 14.9. The van der Waals surface area contributed by atoms with Gasteiger partial charge in [0.15, 0.2) is 0 Å². The monoisotopic (exact) mass is 175 g/mol. The fourth-order valence-corrected chi connectivity index (χ4v) is 1.42. The maximum absolute atomic E-state index is 2.25. The Bertz CT molecular complexity index is 360. The molecule has 0 saturated heterocycles. The standard InChI is InChI=1S/C10H11N.C2H6/c1-2-11-8-7-9-5-3-4-6-10(9)11;1-2/h3-8H,2H2,1H3;1-2H3. The summed E-state index contributed by atoms with van der Waals surface area (Å²) in [6, 6.07) is 10.6. The van der Waals surface area contributed by atoms with Crippen LogP contribution in [-0.4, -0.2) is 4.57 Å². The van der Waals surface area contributed by atoms with Crippen molar-refractivity contribution < 1.29 is 0 Å². The van der Waals surface area contributed by atoms with Gasteiger partial charge in [-0.1, -0.05) is 32.0 Å². The highest BCUT2D eigenvalue weighted by Crippen LogP contribution is 2.14. The van der Waals surface area contributed by atoms with Gasteiger partial charge >= 0.3 is 0 Å². The molecule has 0 aliphatic carbocycles. The SMILES string of the molecule is CC.CCn1ccc2ccccc21. The molecule has 1 aromatic heterocycles. The molecular formula is C12H17N. The topological polar surface area (TPSA) is 4.93 Å². The molecule has 0 aliphatic rings. The van der Waals surface area contributed by atoms with Gasteiger partial charge in [0.05, 0.1) is 0 Å². The van der Waals surface area contributed by atoms with Gasteiger partial charge in [-0.05, 0) is 24.4 Å². The summed E-state index contributed by atoms with van der Waals surface area (Å²) in [6.45, 7) is 7.21. The Morgan fingerprint density at radius 1 is 1.08 bits per heavy atom. The lowest BCUT2D eigenvalue weighted by atomic mass is 10.2. The lowest BCUT2D eigenvalue weighted by molar-refractivity contribution is 0.798. The van der Waals surface area contributed by atoms with Crippen molar-refractivity contribution in [2.24, 2.45) is 0 Å². The van der Waals surface area contributed by atoms with Crippen molar-refractivity contribution in [1.82, 2.24) is 4.57 Å². The van der Waals surface area contributed by atoms with Crippen molar-refractivity contribution >= 4 is 10.9 Å². The molecule has 0 aliphatic heterocycles. The van der Waals surface area contributed by atoms with E-state index < -0.39 is 0 Å². The van der Waals surface area contributed by atoms with Crippen LogP contribution < -0.4 is 0 Å². The van der Waals surface area contributed by atoms with Crippen LogP contribution in [0.2, 0.25) is 0 Å². The summed E-state index contributed by atoms with van der Waals surface area (Å²) in [5.41, 5.74) is 1.33. The first-order valence-electron chi connectivity index (χ1n) is 4.95. The van der Waals surface area contributed by atoms with E-state index in [1.165, 1.54) is 10.9 Å². The molecule has 0 unspecified atom stereocenters. The van der Waals surface area contributed by atoms with Crippen molar-refractivity contribution in [1.29, 1.82) is 0 Å². The first-order valence-corrected chi connectivity index (χ1v) is 4.95. The second kappa shape index (κ2) is 4.70. The van der Waals surface area contributed by atoms with Gasteiger partial charge in [-0.3, -0.25) is 0 Å². The zero-order valence-electron chi connectivity index (χ0n) is 8.62. The van der Waals surface area contributed by atoms with Crippen molar-refractivity contribution in [2.45, 2.75) is 27.3 Å². The maximum atomic E-state index is 2.25. The van der Waals surface area contributed by atoms with Crippen LogP contribution in [0.5, 0.6) is 0 Å². The predicted molar refractivity (Wildman–Crippen MR) is 59.0 cm³/mol. The molecule has 0 N–H and O–H groups in total. The number of aromatic nitrogens is 1. The molecule has 1 aromatic carbocycles. The summed E-state index contributed by atoms with van der Waals surface area (Å²) in [7, 11) is 0. The third-order valence-corrected chi connectivity index (χ3v) is 2.02. The summed E-state index contributed by atoms with van der Waals surface area (Å²) in [6.07, 6.45) is 2.13. The van der Waals surface area contributed by atoms with Crippen LogP contribution in [0.15, 0.2) is 36.5 Å². The molecule has 2 rings (SSSR count). The molecular weight excluding hydrogens is 158 g/mol. The highest BCUT2D eigenvalue weighted by molar-refractivity contribution is 5.79. The second-order valence-electron chi connectivity index (χ2n) is 2.66. The summed E-state index contributed by atoms with van der Waals surface area (Å²) >= 11 is 0. The van der Waals surface area contributed by atoms with Crippen LogP contribution in [0.4, 0.5) is 0 Å². The van der Waals surface area contributed by atoms with Gasteiger partial charge in [0.2, 0.25) is 0 Å². The number of para-hydroxylation sites is 1. The van der Waals surface area contributed by atoms with Crippen molar-refractivity contribution in [3.8, 4) is 0 Å². The Labute approximate surface area is 80.0 Å². The largest absolute Gasteiger partial charge is 0.348 e. The number of fused-ring (bicyclic) bond motifs is 1. The molecule has 0 bridgehead atoms. The van der Waals surface area contributed by atoms with Crippen LogP contribution in [0.1, 0.15) is 20.8 Å². The molecule has 1 nitrogen and oxygen atoms in total. The summed E-state index contributed by atoms with van der Waals surface area (Å²) in [5.74, 6) is 0. The Kier molecular flexibility index (Phi) is 3.56. The van der Waals surface area contributed by atoms with Crippen LogP contribution in [0.25, 0.3) is 10.9 Å². The number of nitrogens with zero attached hydrogens (tertiary/aromatic N) is 1. The van der Waals surface area contributed by atoms with E-state index in [1.807, 2.05) is 13.8 Å². The van der Waals surface area contributed by atoms with Crippen molar-refractivity contribution in [3.63, 3.8) is 0 Å². The number of benzene rings is 1. The van der Waals surface area contributed by atoms with Gasteiger partial charge in [0.1, 0.15) is 0 Å². The van der Waals surface area contributed by atoms with E-state index in [4.69, 9.17) is 0 Å². The molecule has 0 amide bonds. The molecule has 1 heterocycles. The quantitative estimate of drug-likeness (QED) is 0.623. The van der Waals surface area contributed by atoms with Crippen LogP contribution in [0.3, 0.4) is 0 Å². The smallest absolute Gasteiger partial charge is 0.0480 e. The minimum absolute atomic E-state index is 1.05. The Morgan fingerprint density at radius 2 is 1.77 bits per heavy atom. The minimum Gasteiger partial charge on any atom is -0.348 e. The van der Waals surface area contributed by atoms with Gasteiger partial charge in [-0.25, -0.2) is 0 Å². The van der Waals surface area contributed by atoms with Gasteiger partial charge in [0, 0.05) is 18.3 Å². The Morgan fingerprint density at radius 3 is 2.46 bits per heavy atom. The minimum atomic E-state index is 1.05. The number of rotatable bonds is 1. The molecule has 0 atom stereocenters. The fraction of sp³-hybridized carbons (Fsp3) is 0.333. The Hall–Kier alpha value is -1.24. The zero-order chi connectivity index (χ0) is 9.68. The lowest BCUT2D eigenvalue weighted by Crippen LogP contribution is -1.89. The average Bonchev–Trinajstić information content (AvgIpc) is 2.64. The van der Waals surface area contributed by atoms with Crippen molar-refractivity contribution in [3.05, 3.63) is 36.5 Å². The van der Waals surface area contributed by atoms with E-state index in [2.05, 4.69) is 48.0 Å². The van der Waals surface area contributed by atoms with Crippen LogP contribution in [-0.2, 0) is 6.54 Å². The first kappa shape index (κ1) is 9.85. The predicted octanol–water partition coefficient (Wildman–Crippen LogP) is 3.69. The highest BCUT2D eigenvalue weighted by Gasteiger charge is 1.95. The summed E-state index contributed by atoms with van der Waals surface area (Å²) in [4.78, 5) is 0. The molecule has 70 valence electrons. The third-order valence-electron chi connectivity index (χ3n) is 2.02. The summed E-state index contributed by atoms with van der Waals surface area (Å²) < 4.78 is 2.25. The Balaban J connectivity index is 0.000000396. The number of hydrogen-bond acceptors (Lipinski definition) is 0. The van der Waals surface area contributed by atoms with Gasteiger partial charge in [0.25, 0.3) is 0 Å². The number of aryl methyl sites for hydroxylation is 1. The van der Waals surface area contributed by atoms with Gasteiger partial charge in [-0.2, -0.15) is 0 Å². The molecule has 1 heteroatoms. The van der Waals surface area contributed by atoms with Gasteiger partial charge in [-0.15, -0.1) is 0 Å². The van der Waals surface area contributed by atoms with E-state index in [0.717, 1.165) is 6.54 Å². The van der Waals surface area contributed by atoms with E-state index in [-0.39, 0.29) is 0 Å². The van der Waals surface area contributed by atoms with Crippen molar-refractivity contribution in [2.75, 3.05) is 0 Å². The molecule has 0 radical (unpaired) electrons. The maximum Gasteiger partial charge on any atom is 0.0480 e. The summed E-state index contributed by atoms with van der Waals surface area (Å²) in [5, 5.41) is 1.33. The first-order chi connectivity index (χ1) is 6.42.